The van der Waals surface area contributed by atoms with Crippen LogP contribution in [0.4, 0.5) is 0 Å². The standard InChI is InChI=1S/C14H20N6S/c1-3-10-8-13(20(4-2)18-10)12(17-15)7-11-9-19-5-6-21-14(19)16-11/h5-6,8-9,12,17H,3-4,7,15H2,1-2H3. The van der Waals surface area contributed by atoms with Crippen molar-refractivity contribution in [1.29, 1.82) is 0 Å². The van der Waals surface area contributed by atoms with E-state index in [0.717, 1.165) is 41.4 Å². The van der Waals surface area contributed by atoms with Gasteiger partial charge in [0.05, 0.1) is 23.1 Å². The molecule has 0 aromatic carbocycles. The third-order valence-corrected chi connectivity index (χ3v) is 4.41. The average Bonchev–Trinajstić information content (AvgIpc) is 3.17. The predicted molar refractivity (Wildman–Crippen MR) is 84.1 cm³/mol. The Bertz CT molecular complexity index is 696. The lowest BCUT2D eigenvalue weighted by Crippen LogP contribution is -2.31. The van der Waals surface area contributed by atoms with Gasteiger partial charge in [0.1, 0.15) is 0 Å². The molecule has 3 aromatic rings. The number of aromatic nitrogens is 4. The maximum Gasteiger partial charge on any atom is 0.193 e. The van der Waals surface area contributed by atoms with E-state index in [4.69, 9.17) is 5.84 Å². The van der Waals surface area contributed by atoms with Crippen molar-refractivity contribution >= 4 is 16.3 Å². The van der Waals surface area contributed by atoms with E-state index in [-0.39, 0.29) is 6.04 Å². The Hall–Kier alpha value is -1.70. The highest BCUT2D eigenvalue weighted by molar-refractivity contribution is 7.15. The Kier molecular flexibility index (Phi) is 4.05. The van der Waals surface area contributed by atoms with Crippen LogP contribution >= 0.6 is 11.3 Å². The quantitative estimate of drug-likeness (QED) is 0.539. The summed E-state index contributed by atoms with van der Waals surface area (Å²) in [6.07, 6.45) is 5.76. The van der Waals surface area contributed by atoms with E-state index in [1.54, 1.807) is 11.3 Å². The van der Waals surface area contributed by atoms with Crippen molar-refractivity contribution in [3.8, 4) is 0 Å². The van der Waals surface area contributed by atoms with E-state index in [1.165, 1.54) is 0 Å². The summed E-state index contributed by atoms with van der Waals surface area (Å²) in [5.41, 5.74) is 6.16. The molecule has 0 spiro atoms. The summed E-state index contributed by atoms with van der Waals surface area (Å²) in [5, 5.41) is 6.62. The van der Waals surface area contributed by atoms with Crippen molar-refractivity contribution in [1.82, 2.24) is 24.6 Å². The van der Waals surface area contributed by atoms with Crippen LogP contribution in [0.2, 0.25) is 0 Å². The number of nitrogens with two attached hydrogens (primary N) is 1. The first-order chi connectivity index (χ1) is 10.2. The molecule has 3 heterocycles. The summed E-state index contributed by atoms with van der Waals surface area (Å²) in [7, 11) is 0. The molecule has 0 fully saturated rings. The third-order valence-electron chi connectivity index (χ3n) is 3.64. The van der Waals surface area contributed by atoms with Crippen molar-refractivity contribution < 1.29 is 0 Å². The molecule has 0 saturated heterocycles. The molecule has 0 aliphatic rings. The molecule has 3 rings (SSSR count). The van der Waals surface area contributed by atoms with Gasteiger partial charge in [-0.15, -0.1) is 11.3 Å². The van der Waals surface area contributed by atoms with E-state index in [2.05, 4.69) is 41.6 Å². The van der Waals surface area contributed by atoms with E-state index in [0.29, 0.717) is 0 Å². The zero-order valence-electron chi connectivity index (χ0n) is 12.3. The molecule has 3 aromatic heterocycles. The molecule has 0 amide bonds. The highest BCUT2D eigenvalue weighted by Crippen LogP contribution is 2.20. The normalized spacial score (nSPS) is 13.1. The maximum absolute atomic E-state index is 5.77. The highest BCUT2D eigenvalue weighted by Gasteiger charge is 2.18. The van der Waals surface area contributed by atoms with Crippen LogP contribution in [-0.2, 0) is 19.4 Å². The second kappa shape index (κ2) is 5.97. The number of aryl methyl sites for hydroxylation is 2. The molecule has 0 bridgehead atoms. The third kappa shape index (κ3) is 2.72. The molecule has 0 aliphatic carbocycles. The fraction of sp³-hybridized carbons (Fsp3) is 0.429. The number of hydrazine groups is 1. The molecule has 21 heavy (non-hydrogen) atoms. The predicted octanol–water partition coefficient (Wildman–Crippen LogP) is 1.92. The van der Waals surface area contributed by atoms with Gasteiger partial charge in [-0.05, 0) is 19.4 Å². The number of thiazole rings is 1. The van der Waals surface area contributed by atoms with Gasteiger partial charge in [-0.25, -0.2) is 4.98 Å². The van der Waals surface area contributed by atoms with E-state index in [9.17, 15) is 0 Å². The molecule has 7 heteroatoms. The smallest absolute Gasteiger partial charge is 0.193 e. The number of hydrogen-bond donors (Lipinski definition) is 2. The van der Waals surface area contributed by atoms with Crippen molar-refractivity contribution in [2.24, 2.45) is 5.84 Å². The lowest BCUT2D eigenvalue weighted by Gasteiger charge is -2.15. The minimum absolute atomic E-state index is 0.0161. The van der Waals surface area contributed by atoms with E-state index >= 15 is 0 Å². The topological polar surface area (TPSA) is 73.2 Å². The van der Waals surface area contributed by atoms with Crippen LogP contribution in [0.25, 0.3) is 4.96 Å². The average molecular weight is 304 g/mol. The Labute approximate surface area is 127 Å². The monoisotopic (exact) mass is 304 g/mol. The molecule has 1 unspecified atom stereocenters. The van der Waals surface area contributed by atoms with Gasteiger partial charge in [0.15, 0.2) is 4.96 Å². The molecular weight excluding hydrogens is 284 g/mol. The molecular formula is C14H20N6S. The number of fused-ring (bicyclic) bond motifs is 1. The molecule has 112 valence electrons. The van der Waals surface area contributed by atoms with Gasteiger partial charge < -0.3 is 0 Å². The lowest BCUT2D eigenvalue weighted by atomic mass is 10.1. The van der Waals surface area contributed by atoms with Gasteiger partial charge in [-0.1, -0.05) is 6.92 Å². The maximum atomic E-state index is 5.77. The van der Waals surface area contributed by atoms with Crippen molar-refractivity contribution in [2.75, 3.05) is 0 Å². The second-order valence-electron chi connectivity index (χ2n) is 4.98. The molecule has 0 saturated carbocycles. The molecule has 3 N–H and O–H groups in total. The molecule has 1 atom stereocenters. The van der Waals surface area contributed by atoms with Gasteiger partial charge in [0.25, 0.3) is 0 Å². The van der Waals surface area contributed by atoms with Gasteiger partial charge >= 0.3 is 0 Å². The minimum Gasteiger partial charge on any atom is -0.297 e. The van der Waals surface area contributed by atoms with Crippen LogP contribution in [0.15, 0.2) is 23.8 Å². The van der Waals surface area contributed by atoms with Crippen molar-refractivity contribution in [3.63, 3.8) is 0 Å². The van der Waals surface area contributed by atoms with Gasteiger partial charge in [-0.3, -0.25) is 20.4 Å². The van der Waals surface area contributed by atoms with Crippen LogP contribution in [0.3, 0.4) is 0 Å². The van der Waals surface area contributed by atoms with Crippen LogP contribution in [0.5, 0.6) is 0 Å². The SMILES string of the molecule is CCc1cc(C(Cc2cn3ccsc3n2)NN)n(CC)n1. The Morgan fingerprint density at radius 1 is 1.38 bits per heavy atom. The van der Waals surface area contributed by atoms with Gasteiger partial charge in [0.2, 0.25) is 0 Å². The minimum atomic E-state index is 0.0161. The number of hydrogen-bond acceptors (Lipinski definition) is 5. The first-order valence-corrected chi connectivity index (χ1v) is 8.07. The Balaban J connectivity index is 1.87. The van der Waals surface area contributed by atoms with Crippen LogP contribution < -0.4 is 11.3 Å². The zero-order valence-corrected chi connectivity index (χ0v) is 13.1. The second-order valence-corrected chi connectivity index (χ2v) is 5.85. The number of imidazole rings is 1. The fourth-order valence-electron chi connectivity index (χ4n) is 2.53. The highest BCUT2D eigenvalue weighted by atomic mass is 32.1. The number of nitrogens with zero attached hydrogens (tertiary/aromatic N) is 4. The van der Waals surface area contributed by atoms with Crippen LogP contribution in [0, 0.1) is 0 Å². The summed E-state index contributed by atoms with van der Waals surface area (Å²) < 4.78 is 4.06. The summed E-state index contributed by atoms with van der Waals surface area (Å²) >= 11 is 1.64. The number of rotatable bonds is 6. The fourth-order valence-corrected chi connectivity index (χ4v) is 3.24. The molecule has 6 nitrogen and oxygen atoms in total. The number of nitrogens with one attached hydrogen (secondary N) is 1. The first-order valence-electron chi connectivity index (χ1n) is 7.19. The Morgan fingerprint density at radius 2 is 2.24 bits per heavy atom. The summed E-state index contributed by atoms with van der Waals surface area (Å²) in [6, 6.07) is 2.15. The molecule has 0 radical (unpaired) electrons. The van der Waals surface area contributed by atoms with Gasteiger partial charge in [-0.2, -0.15) is 5.10 Å². The zero-order chi connectivity index (χ0) is 14.8. The van der Waals surface area contributed by atoms with E-state index in [1.807, 2.05) is 20.7 Å². The largest absolute Gasteiger partial charge is 0.297 e. The molecule has 0 aliphatic heterocycles. The first kappa shape index (κ1) is 14.2. The summed E-state index contributed by atoms with van der Waals surface area (Å²) in [4.78, 5) is 5.64. The van der Waals surface area contributed by atoms with Crippen LogP contribution in [-0.4, -0.2) is 19.2 Å². The lowest BCUT2D eigenvalue weighted by molar-refractivity contribution is 0.487. The van der Waals surface area contributed by atoms with Crippen molar-refractivity contribution in [2.45, 2.75) is 39.3 Å². The van der Waals surface area contributed by atoms with Crippen LogP contribution in [0.1, 0.15) is 37.0 Å². The van der Waals surface area contributed by atoms with Gasteiger partial charge in [0, 0.05) is 30.7 Å². The van der Waals surface area contributed by atoms with Crippen molar-refractivity contribution in [3.05, 3.63) is 40.9 Å². The summed E-state index contributed by atoms with van der Waals surface area (Å²) in [6.45, 7) is 5.04. The summed E-state index contributed by atoms with van der Waals surface area (Å²) in [5.74, 6) is 5.77. The Morgan fingerprint density at radius 3 is 2.90 bits per heavy atom. The van der Waals surface area contributed by atoms with E-state index < -0.39 is 0 Å².